The standard InChI is InChI=1S/C26H25NO4S/c1-19(7-5-10-20-8-3-2-4-9-20)23(28)15-12-21-13-17-25(29)27(21)18-6-11-22-14-16-24(32-22)26(30)31/h2-4,8-9,12,14-16,19,21,23,28H,7,13,17-18H2,1H3,(H,30,31)/t19-,21?,23+/m0/s1. The maximum atomic E-state index is 12.2. The van der Waals surface area contributed by atoms with Crippen LogP contribution in [-0.4, -0.2) is 45.7 Å². The van der Waals surface area contributed by atoms with Crippen molar-refractivity contribution in [1.29, 1.82) is 0 Å². The van der Waals surface area contributed by atoms with Crippen LogP contribution in [0.25, 0.3) is 0 Å². The molecule has 0 radical (unpaired) electrons. The Labute approximate surface area is 192 Å². The lowest BCUT2D eigenvalue weighted by molar-refractivity contribution is -0.127. The van der Waals surface area contributed by atoms with Crippen molar-refractivity contribution in [2.45, 2.75) is 38.3 Å². The molecule has 2 aromatic rings. The third-order valence-corrected chi connectivity index (χ3v) is 6.19. The number of likely N-dealkylation sites (tertiary alicyclic amines) is 1. The molecule has 164 valence electrons. The van der Waals surface area contributed by atoms with Gasteiger partial charge in [0.15, 0.2) is 0 Å². The predicted molar refractivity (Wildman–Crippen MR) is 125 cm³/mol. The minimum absolute atomic E-state index is 0.0302. The number of carboxylic acid groups (broad SMARTS) is 1. The first-order valence-electron chi connectivity index (χ1n) is 10.5. The van der Waals surface area contributed by atoms with Gasteiger partial charge in [-0.25, -0.2) is 4.79 Å². The Morgan fingerprint density at radius 1 is 1.22 bits per heavy atom. The summed E-state index contributed by atoms with van der Waals surface area (Å²) in [6.07, 6.45) is 4.69. The molecule has 2 N–H and O–H groups in total. The monoisotopic (exact) mass is 447 g/mol. The molecule has 0 saturated carbocycles. The van der Waals surface area contributed by atoms with Crippen LogP contribution in [0.2, 0.25) is 0 Å². The highest BCUT2D eigenvalue weighted by Crippen LogP contribution is 2.21. The Morgan fingerprint density at radius 2 is 2.00 bits per heavy atom. The average Bonchev–Trinajstić information content (AvgIpc) is 3.40. The third kappa shape index (κ3) is 6.59. The van der Waals surface area contributed by atoms with Crippen LogP contribution in [0, 0.1) is 29.6 Å². The fourth-order valence-electron chi connectivity index (χ4n) is 3.28. The molecule has 1 saturated heterocycles. The number of benzene rings is 1. The van der Waals surface area contributed by atoms with Crippen molar-refractivity contribution in [3.63, 3.8) is 0 Å². The Hall–Kier alpha value is -3.32. The molecule has 5 nitrogen and oxygen atoms in total. The Balaban J connectivity index is 1.54. The minimum Gasteiger partial charge on any atom is -0.477 e. The quantitative estimate of drug-likeness (QED) is 0.522. The number of rotatable bonds is 6. The van der Waals surface area contributed by atoms with Gasteiger partial charge in [-0.1, -0.05) is 61.0 Å². The number of nitrogens with zero attached hydrogens (tertiary/aromatic N) is 1. The van der Waals surface area contributed by atoms with Gasteiger partial charge in [-0.15, -0.1) is 11.3 Å². The average molecular weight is 448 g/mol. The van der Waals surface area contributed by atoms with E-state index in [4.69, 9.17) is 5.11 Å². The zero-order valence-electron chi connectivity index (χ0n) is 17.8. The van der Waals surface area contributed by atoms with Gasteiger partial charge in [-0.3, -0.25) is 4.79 Å². The third-order valence-electron chi connectivity index (χ3n) is 5.20. The fraction of sp³-hybridized carbons (Fsp3) is 0.308. The van der Waals surface area contributed by atoms with Crippen LogP contribution >= 0.6 is 11.3 Å². The first kappa shape index (κ1) is 23.3. The lowest BCUT2D eigenvalue weighted by Crippen LogP contribution is -2.32. The minimum atomic E-state index is -0.971. The Kier molecular flexibility index (Phi) is 8.27. The van der Waals surface area contributed by atoms with Crippen LogP contribution < -0.4 is 0 Å². The second-order valence-electron chi connectivity index (χ2n) is 7.62. The van der Waals surface area contributed by atoms with E-state index in [9.17, 15) is 14.7 Å². The van der Waals surface area contributed by atoms with Crippen LogP contribution in [0.3, 0.4) is 0 Å². The van der Waals surface area contributed by atoms with Gasteiger partial charge in [0.2, 0.25) is 5.91 Å². The topological polar surface area (TPSA) is 77.8 Å². The summed E-state index contributed by atoms with van der Waals surface area (Å²) in [4.78, 5) is 25.8. The second-order valence-corrected chi connectivity index (χ2v) is 8.71. The number of amides is 1. The largest absolute Gasteiger partial charge is 0.477 e. The van der Waals surface area contributed by atoms with Crippen molar-refractivity contribution < 1.29 is 19.8 Å². The first-order valence-corrected chi connectivity index (χ1v) is 11.3. The molecule has 32 heavy (non-hydrogen) atoms. The SMILES string of the molecule is C[C@@H](CC#Cc1ccccc1)[C@H](O)C=CC1CCC(=O)N1CC#Cc1ccc(C(=O)O)s1. The number of carbonyl (C=O) groups is 2. The van der Waals surface area contributed by atoms with Gasteiger partial charge in [0.25, 0.3) is 0 Å². The number of aliphatic hydroxyl groups excluding tert-OH is 1. The molecule has 3 rings (SSSR count). The summed E-state index contributed by atoms with van der Waals surface area (Å²) in [5, 5.41) is 19.4. The number of thiophene rings is 1. The lowest BCUT2D eigenvalue weighted by atomic mass is 9.99. The second kappa shape index (κ2) is 11.3. The maximum absolute atomic E-state index is 12.2. The highest BCUT2D eigenvalue weighted by molar-refractivity contribution is 7.14. The van der Waals surface area contributed by atoms with Gasteiger partial charge in [0, 0.05) is 18.4 Å². The predicted octanol–water partition coefficient (Wildman–Crippen LogP) is 3.78. The molecule has 1 unspecified atom stereocenters. The van der Waals surface area contributed by atoms with E-state index in [1.54, 1.807) is 17.0 Å². The first-order chi connectivity index (χ1) is 15.4. The molecule has 1 amide bonds. The van der Waals surface area contributed by atoms with Gasteiger partial charge in [0.1, 0.15) is 4.88 Å². The molecule has 3 atom stereocenters. The number of hydrogen-bond acceptors (Lipinski definition) is 4. The highest BCUT2D eigenvalue weighted by atomic mass is 32.1. The van der Waals surface area contributed by atoms with E-state index in [1.807, 2.05) is 43.3 Å². The molecule has 6 heteroatoms. The Morgan fingerprint density at radius 3 is 2.72 bits per heavy atom. The molecule has 0 spiro atoms. The van der Waals surface area contributed by atoms with E-state index in [-0.39, 0.29) is 29.3 Å². The fourth-order valence-corrected chi connectivity index (χ4v) is 4.00. The summed E-state index contributed by atoms with van der Waals surface area (Å²) in [5.74, 6) is 11.1. The van der Waals surface area contributed by atoms with E-state index in [0.29, 0.717) is 24.1 Å². The molecule has 1 aliphatic heterocycles. The summed E-state index contributed by atoms with van der Waals surface area (Å²) in [7, 11) is 0. The smallest absolute Gasteiger partial charge is 0.345 e. The summed E-state index contributed by atoms with van der Waals surface area (Å²) < 4.78 is 0. The van der Waals surface area contributed by atoms with Gasteiger partial charge >= 0.3 is 5.97 Å². The highest BCUT2D eigenvalue weighted by Gasteiger charge is 2.28. The van der Waals surface area contributed by atoms with Crippen molar-refractivity contribution in [2.75, 3.05) is 6.54 Å². The number of aliphatic hydroxyl groups is 1. The molecule has 1 aliphatic rings. The number of aromatic carboxylic acids is 1. The van der Waals surface area contributed by atoms with E-state index in [2.05, 4.69) is 23.7 Å². The molecule has 1 fully saturated rings. The van der Waals surface area contributed by atoms with E-state index in [0.717, 1.165) is 16.9 Å². The summed E-state index contributed by atoms with van der Waals surface area (Å²) in [6.45, 7) is 2.21. The molecule has 0 aliphatic carbocycles. The van der Waals surface area contributed by atoms with Crippen molar-refractivity contribution in [3.8, 4) is 23.7 Å². The molecule has 1 aromatic heterocycles. The van der Waals surface area contributed by atoms with Crippen LogP contribution in [0.5, 0.6) is 0 Å². The van der Waals surface area contributed by atoms with Crippen molar-refractivity contribution in [3.05, 3.63) is 69.9 Å². The number of carboxylic acids is 1. The Bertz CT molecular complexity index is 1100. The van der Waals surface area contributed by atoms with Crippen LogP contribution in [-0.2, 0) is 4.79 Å². The summed E-state index contributed by atoms with van der Waals surface area (Å²) in [5.41, 5.74) is 0.952. The van der Waals surface area contributed by atoms with Gasteiger partial charge < -0.3 is 15.1 Å². The lowest BCUT2D eigenvalue weighted by Gasteiger charge is -2.20. The number of hydrogen-bond donors (Lipinski definition) is 2. The zero-order valence-corrected chi connectivity index (χ0v) is 18.6. The van der Waals surface area contributed by atoms with Crippen LogP contribution in [0.15, 0.2) is 54.6 Å². The summed E-state index contributed by atoms with van der Waals surface area (Å²) in [6, 6.07) is 12.8. The van der Waals surface area contributed by atoms with Crippen LogP contribution in [0.1, 0.15) is 46.3 Å². The van der Waals surface area contributed by atoms with Crippen molar-refractivity contribution >= 4 is 23.2 Å². The van der Waals surface area contributed by atoms with Crippen LogP contribution in [0.4, 0.5) is 0 Å². The number of carbonyl (C=O) groups excluding carboxylic acids is 1. The van der Waals surface area contributed by atoms with Crippen molar-refractivity contribution in [2.24, 2.45) is 5.92 Å². The molecule has 2 heterocycles. The molecular formula is C26H25NO4S. The molecule has 0 bridgehead atoms. The van der Waals surface area contributed by atoms with E-state index >= 15 is 0 Å². The molecular weight excluding hydrogens is 422 g/mol. The zero-order chi connectivity index (χ0) is 22.9. The van der Waals surface area contributed by atoms with E-state index < -0.39 is 12.1 Å². The van der Waals surface area contributed by atoms with Gasteiger partial charge in [-0.2, -0.15) is 0 Å². The summed E-state index contributed by atoms with van der Waals surface area (Å²) >= 11 is 1.11. The maximum Gasteiger partial charge on any atom is 0.345 e. The van der Waals surface area contributed by atoms with E-state index in [1.165, 1.54) is 6.07 Å². The van der Waals surface area contributed by atoms with Gasteiger partial charge in [0.05, 0.1) is 23.6 Å². The van der Waals surface area contributed by atoms with Gasteiger partial charge in [-0.05, 0) is 36.6 Å². The normalized spacial score (nSPS) is 17.4. The molecule has 1 aromatic carbocycles. The van der Waals surface area contributed by atoms with Crippen molar-refractivity contribution in [1.82, 2.24) is 4.90 Å².